The van der Waals surface area contributed by atoms with Crippen molar-refractivity contribution in [1.29, 1.82) is 0 Å². The number of hydrogen-bond acceptors (Lipinski definition) is 7. The van der Waals surface area contributed by atoms with Gasteiger partial charge in [-0.1, -0.05) is 12.1 Å². The monoisotopic (exact) mass is 799 g/mol. The SMILES string of the molecule is Cc1cc(OCCC(C)Oc2ccc(C(F)(F)F)cc2-c2ccccn2)ccc1CCC(=O)O.O=C([O-])[O-].[Cs+].[Cs+]. The van der Waals surface area contributed by atoms with E-state index >= 15 is 0 Å². The Morgan fingerprint density at radius 3 is 2.27 bits per heavy atom. The number of rotatable bonds is 10. The first-order valence-electron chi connectivity index (χ1n) is 11.5. The molecule has 0 bridgehead atoms. The largest absolute Gasteiger partial charge is 1.00 e. The van der Waals surface area contributed by atoms with Crippen molar-refractivity contribution < 1.29 is 185 Å². The molecule has 0 aliphatic carbocycles. The smallest absolute Gasteiger partial charge is 0.652 e. The number of nitrogens with zero attached hydrogens (tertiary/aromatic N) is 1. The number of carboxylic acids is 1. The fourth-order valence-corrected chi connectivity index (χ4v) is 3.43. The van der Waals surface area contributed by atoms with Gasteiger partial charge in [-0.3, -0.25) is 9.78 Å². The van der Waals surface area contributed by atoms with Crippen LogP contribution in [-0.2, 0) is 17.4 Å². The zero-order valence-electron chi connectivity index (χ0n) is 22.7. The van der Waals surface area contributed by atoms with Crippen molar-refractivity contribution in [3.05, 3.63) is 77.5 Å². The first-order chi connectivity index (χ1) is 17.9. The fraction of sp³-hybridized carbons (Fsp3) is 0.296. The molecule has 204 valence electrons. The molecule has 40 heavy (non-hydrogen) atoms. The van der Waals surface area contributed by atoms with E-state index in [0.29, 0.717) is 36.6 Å². The zero-order valence-corrected chi connectivity index (χ0v) is 35.2. The number of aliphatic carboxylic acids is 1. The molecule has 2 aromatic carbocycles. The minimum absolute atomic E-state index is 0. The minimum atomic E-state index is -4.47. The third-order valence-corrected chi connectivity index (χ3v) is 5.29. The second-order valence-electron chi connectivity index (χ2n) is 8.22. The minimum Gasteiger partial charge on any atom is -0.652 e. The molecule has 0 radical (unpaired) electrons. The van der Waals surface area contributed by atoms with Crippen LogP contribution in [-0.4, -0.2) is 34.9 Å². The predicted octanol–water partition coefficient (Wildman–Crippen LogP) is -2.11. The molecule has 0 fully saturated rings. The Bertz CT molecular complexity index is 1220. The quantitative estimate of drug-likeness (QED) is 0.247. The number of pyridine rings is 1. The maximum atomic E-state index is 13.2. The van der Waals surface area contributed by atoms with Crippen LogP contribution >= 0.6 is 0 Å². The average molecular weight is 799 g/mol. The summed E-state index contributed by atoms with van der Waals surface area (Å²) in [6, 6.07) is 13.9. The van der Waals surface area contributed by atoms with Crippen LogP contribution in [0.4, 0.5) is 18.0 Å². The Morgan fingerprint density at radius 1 is 1.05 bits per heavy atom. The third kappa shape index (κ3) is 14.8. The molecule has 0 spiro atoms. The van der Waals surface area contributed by atoms with Gasteiger partial charge in [0.25, 0.3) is 0 Å². The number of carbonyl (C=O) groups excluding carboxylic acids is 1. The molecule has 8 nitrogen and oxygen atoms in total. The van der Waals surface area contributed by atoms with Gasteiger partial charge in [0.1, 0.15) is 11.5 Å². The van der Waals surface area contributed by atoms with E-state index in [1.54, 1.807) is 24.3 Å². The maximum Gasteiger partial charge on any atom is 1.00 e. The Balaban J connectivity index is 0.00000237. The van der Waals surface area contributed by atoms with Crippen molar-refractivity contribution in [3.63, 3.8) is 0 Å². The van der Waals surface area contributed by atoms with Gasteiger partial charge in [0, 0.05) is 24.6 Å². The van der Waals surface area contributed by atoms with Crippen LogP contribution in [0.3, 0.4) is 0 Å². The number of ether oxygens (including phenoxy) is 2. The number of aryl methyl sites for hydroxylation is 2. The molecule has 1 unspecified atom stereocenters. The summed E-state index contributed by atoms with van der Waals surface area (Å²) in [6.45, 7) is 4.07. The van der Waals surface area contributed by atoms with E-state index in [1.165, 1.54) is 12.3 Å². The summed E-state index contributed by atoms with van der Waals surface area (Å²) in [5, 5.41) is 25.5. The van der Waals surface area contributed by atoms with E-state index < -0.39 is 23.9 Å². The summed E-state index contributed by atoms with van der Waals surface area (Å²) in [5.41, 5.74) is 1.81. The van der Waals surface area contributed by atoms with Crippen LogP contribution in [0.15, 0.2) is 60.8 Å². The molecule has 1 N–H and O–H groups in total. The molecule has 0 aliphatic heterocycles. The standard InChI is InChI=1S/C26H26F3NO4.CH2O3.2Cs/c1-17-15-21(9-6-19(17)7-11-25(31)32)33-14-12-18(2)34-24-10-8-20(26(27,28)29)16-22(24)23-5-3-4-13-30-23;2-1(3)4;;/h3-6,8-10,13,15-16,18H,7,11-12,14H2,1-2H3,(H,31,32);(H2,2,3,4);;/q;;2*+1/p-2. The van der Waals surface area contributed by atoms with Gasteiger partial charge in [-0.25, -0.2) is 0 Å². The molecular formula is C27H26Cs2F3NO7. The normalized spacial score (nSPS) is 11.0. The summed E-state index contributed by atoms with van der Waals surface area (Å²) in [7, 11) is 0. The molecule has 13 heteroatoms. The van der Waals surface area contributed by atoms with Crippen molar-refractivity contribution in [2.45, 2.75) is 45.4 Å². The molecule has 0 amide bonds. The number of halogens is 3. The number of benzene rings is 2. The average Bonchev–Trinajstić information content (AvgIpc) is 2.83. The van der Waals surface area contributed by atoms with E-state index in [0.717, 1.165) is 23.3 Å². The van der Waals surface area contributed by atoms with Crippen LogP contribution in [0.2, 0.25) is 0 Å². The zero-order chi connectivity index (χ0) is 28.3. The Hall–Kier alpha value is -0.176. The van der Waals surface area contributed by atoms with E-state index in [4.69, 9.17) is 29.6 Å². The van der Waals surface area contributed by atoms with E-state index in [9.17, 15) is 18.0 Å². The van der Waals surface area contributed by atoms with Crippen LogP contribution < -0.4 is 157 Å². The topological polar surface area (TPSA) is 132 Å². The molecule has 0 saturated heterocycles. The number of alkyl halides is 3. The van der Waals surface area contributed by atoms with Gasteiger partial charge in [0.05, 0.1) is 24.0 Å². The molecule has 1 atom stereocenters. The van der Waals surface area contributed by atoms with Crippen molar-refractivity contribution in [3.8, 4) is 22.8 Å². The predicted molar refractivity (Wildman–Crippen MR) is 127 cm³/mol. The van der Waals surface area contributed by atoms with Crippen LogP contribution in [0, 0.1) is 6.92 Å². The molecule has 1 heterocycles. The summed E-state index contributed by atoms with van der Waals surface area (Å²) >= 11 is 0. The van der Waals surface area contributed by atoms with Crippen molar-refractivity contribution in [1.82, 2.24) is 4.98 Å². The van der Waals surface area contributed by atoms with Crippen molar-refractivity contribution in [2.75, 3.05) is 6.61 Å². The first-order valence-corrected chi connectivity index (χ1v) is 11.5. The summed E-state index contributed by atoms with van der Waals surface area (Å²) in [6.07, 6.45) is -4.58. The second-order valence-corrected chi connectivity index (χ2v) is 8.22. The van der Waals surface area contributed by atoms with Gasteiger partial charge in [-0.05, 0) is 80.0 Å². The maximum absolute atomic E-state index is 13.2. The first kappa shape index (κ1) is 39.8. The summed E-state index contributed by atoms with van der Waals surface area (Å²) in [5.74, 6) is 0.137. The van der Waals surface area contributed by atoms with Gasteiger partial charge in [0.15, 0.2) is 0 Å². The summed E-state index contributed by atoms with van der Waals surface area (Å²) in [4.78, 5) is 23.3. The number of carboxylic acid groups (broad SMARTS) is 3. The van der Waals surface area contributed by atoms with Crippen molar-refractivity contribution >= 4 is 12.1 Å². The van der Waals surface area contributed by atoms with Gasteiger partial charge < -0.3 is 29.6 Å². The van der Waals surface area contributed by atoms with Gasteiger partial charge >= 0.3 is 150 Å². The molecule has 0 aliphatic rings. The number of aromatic nitrogens is 1. The Morgan fingerprint density at radius 2 is 1.73 bits per heavy atom. The third-order valence-electron chi connectivity index (χ3n) is 5.29. The van der Waals surface area contributed by atoms with Crippen LogP contribution in [0.25, 0.3) is 11.3 Å². The molecule has 3 rings (SSSR count). The van der Waals surface area contributed by atoms with E-state index in [2.05, 4.69) is 4.98 Å². The van der Waals surface area contributed by atoms with E-state index in [-0.39, 0.29) is 156 Å². The Kier molecular flexibility index (Phi) is 19.8. The van der Waals surface area contributed by atoms with Gasteiger partial charge in [-0.2, -0.15) is 13.2 Å². The molecule has 3 aromatic rings. The van der Waals surface area contributed by atoms with Crippen molar-refractivity contribution in [2.24, 2.45) is 0 Å². The Labute approximate surface area is 347 Å². The molecule has 1 aromatic heterocycles. The van der Waals surface area contributed by atoms with E-state index in [1.807, 2.05) is 26.0 Å². The van der Waals surface area contributed by atoms with Gasteiger partial charge in [-0.15, -0.1) is 0 Å². The summed E-state index contributed by atoms with van der Waals surface area (Å²) < 4.78 is 51.5. The van der Waals surface area contributed by atoms with Crippen LogP contribution in [0.5, 0.6) is 11.5 Å². The second kappa shape index (κ2) is 19.9. The molecule has 0 saturated carbocycles. The van der Waals surface area contributed by atoms with Crippen LogP contribution in [0.1, 0.15) is 36.5 Å². The number of carbonyl (C=O) groups is 2. The van der Waals surface area contributed by atoms with Gasteiger partial charge in [0.2, 0.25) is 0 Å². The molecular weight excluding hydrogens is 773 g/mol. The number of hydrogen-bond donors (Lipinski definition) is 1. The fourth-order valence-electron chi connectivity index (χ4n) is 3.43.